The molecule has 0 fully saturated rings. The molecule has 0 aliphatic carbocycles. The van der Waals surface area contributed by atoms with Gasteiger partial charge in [-0.1, -0.05) is 0 Å². The largest absolute Gasteiger partial charge is 0.480 e. The minimum absolute atomic E-state index is 0.189. The molecule has 0 radical (unpaired) electrons. The number of primary amides is 1. The Bertz CT molecular complexity index is 484. The van der Waals surface area contributed by atoms with Crippen molar-refractivity contribution in [2.24, 2.45) is 5.73 Å². The second-order valence-corrected chi connectivity index (χ2v) is 3.73. The summed E-state index contributed by atoms with van der Waals surface area (Å²) < 4.78 is 1.17. The third-order valence-electron chi connectivity index (χ3n) is 2.20. The average molecular weight is 269 g/mol. The monoisotopic (exact) mass is 269 g/mol. The first kappa shape index (κ1) is 14.5. The van der Waals surface area contributed by atoms with Gasteiger partial charge in [-0.2, -0.15) is 5.10 Å². The minimum atomic E-state index is -1.04. The molecule has 9 nitrogen and oxygen atoms in total. The number of carboxylic acid groups (broad SMARTS) is 1. The maximum atomic E-state index is 11.8. The molecule has 1 aromatic heterocycles. The highest BCUT2D eigenvalue weighted by atomic mass is 16.4. The van der Waals surface area contributed by atoms with Gasteiger partial charge < -0.3 is 21.1 Å². The lowest BCUT2D eigenvalue weighted by atomic mass is 10.5. The number of carbonyl (C=O) groups is 3. The molecule has 0 saturated carbocycles. The molecule has 9 heteroatoms. The van der Waals surface area contributed by atoms with Gasteiger partial charge >= 0.3 is 12.0 Å². The van der Waals surface area contributed by atoms with Crippen LogP contribution in [0.5, 0.6) is 0 Å². The smallest absolute Gasteiger partial charge is 0.325 e. The zero-order chi connectivity index (χ0) is 14.4. The van der Waals surface area contributed by atoms with Crippen LogP contribution in [0.4, 0.5) is 10.5 Å². The predicted octanol–water partition coefficient (Wildman–Crippen LogP) is -0.693. The summed E-state index contributed by atoms with van der Waals surface area (Å²) in [5.74, 6) is -1.65. The van der Waals surface area contributed by atoms with Gasteiger partial charge in [-0.3, -0.25) is 14.3 Å². The van der Waals surface area contributed by atoms with E-state index in [1.807, 2.05) is 0 Å². The van der Waals surface area contributed by atoms with Gasteiger partial charge in [0.15, 0.2) is 0 Å². The van der Waals surface area contributed by atoms with Crippen LogP contribution in [0.1, 0.15) is 6.92 Å². The second-order valence-electron chi connectivity index (χ2n) is 3.73. The van der Waals surface area contributed by atoms with Gasteiger partial charge in [0.25, 0.3) is 0 Å². The van der Waals surface area contributed by atoms with Gasteiger partial charge in [-0.25, -0.2) is 4.79 Å². The Morgan fingerprint density at radius 1 is 1.53 bits per heavy atom. The summed E-state index contributed by atoms with van der Waals surface area (Å²) in [6.45, 7) is 1.54. The first-order chi connectivity index (χ1) is 8.92. The number of hydrogen-bond acceptors (Lipinski definition) is 4. The molecular formula is C10H15N5O4. The Morgan fingerprint density at radius 3 is 2.74 bits per heavy atom. The summed E-state index contributed by atoms with van der Waals surface area (Å²) in [5.41, 5.74) is 5.36. The van der Waals surface area contributed by atoms with Gasteiger partial charge in [0.1, 0.15) is 13.1 Å². The molecule has 1 aromatic rings. The normalized spacial score (nSPS) is 9.95. The molecule has 0 aliphatic rings. The summed E-state index contributed by atoms with van der Waals surface area (Å²) in [5, 5.41) is 14.8. The molecule has 1 heterocycles. The predicted molar refractivity (Wildman–Crippen MR) is 65.3 cm³/mol. The van der Waals surface area contributed by atoms with E-state index < -0.39 is 17.9 Å². The summed E-state index contributed by atoms with van der Waals surface area (Å²) >= 11 is 0. The van der Waals surface area contributed by atoms with Gasteiger partial charge in [0.05, 0.1) is 11.9 Å². The number of hydrogen-bond donors (Lipinski definition) is 3. The van der Waals surface area contributed by atoms with Gasteiger partial charge in [0, 0.05) is 12.7 Å². The quantitative estimate of drug-likeness (QED) is 0.629. The number of nitrogens with one attached hydrogen (secondary N) is 1. The number of urea groups is 1. The third kappa shape index (κ3) is 4.66. The number of likely N-dealkylation sites (N-methyl/N-ethyl adjacent to an activating group) is 1. The second kappa shape index (κ2) is 6.38. The van der Waals surface area contributed by atoms with E-state index in [4.69, 9.17) is 10.8 Å². The van der Waals surface area contributed by atoms with Gasteiger partial charge in [-0.05, 0) is 6.92 Å². The summed E-state index contributed by atoms with van der Waals surface area (Å²) in [7, 11) is 0. The topological polar surface area (TPSA) is 131 Å². The van der Waals surface area contributed by atoms with Crippen molar-refractivity contribution in [3.05, 3.63) is 12.4 Å². The molecular weight excluding hydrogens is 254 g/mol. The number of rotatable bonds is 6. The molecule has 0 bridgehead atoms. The zero-order valence-electron chi connectivity index (χ0n) is 10.4. The summed E-state index contributed by atoms with van der Waals surface area (Å²) in [6, 6.07) is -0.504. The first-order valence-electron chi connectivity index (χ1n) is 5.50. The van der Waals surface area contributed by atoms with E-state index in [1.54, 1.807) is 6.92 Å². The molecule has 0 atom stereocenters. The molecule has 0 saturated heterocycles. The van der Waals surface area contributed by atoms with Crippen molar-refractivity contribution >= 4 is 23.6 Å². The highest BCUT2D eigenvalue weighted by Gasteiger charge is 2.14. The number of aromatic nitrogens is 2. The maximum absolute atomic E-state index is 11.8. The SMILES string of the molecule is CCN(CC(N)=O)C(=O)Nc1cnn(CC(=O)O)c1. The van der Waals surface area contributed by atoms with E-state index in [9.17, 15) is 14.4 Å². The van der Waals surface area contributed by atoms with Crippen LogP contribution in [-0.2, 0) is 16.1 Å². The molecule has 104 valence electrons. The molecule has 1 rings (SSSR count). The van der Waals surface area contributed by atoms with Crippen LogP contribution in [0, 0.1) is 0 Å². The highest BCUT2D eigenvalue weighted by Crippen LogP contribution is 2.06. The van der Waals surface area contributed by atoms with E-state index in [1.165, 1.54) is 22.0 Å². The molecule has 0 aromatic carbocycles. The first-order valence-corrected chi connectivity index (χ1v) is 5.50. The van der Waals surface area contributed by atoms with E-state index in [2.05, 4.69) is 10.4 Å². The number of carbonyl (C=O) groups excluding carboxylic acids is 2. The van der Waals surface area contributed by atoms with E-state index in [0.717, 1.165) is 0 Å². The van der Waals surface area contributed by atoms with Crippen molar-refractivity contribution in [2.75, 3.05) is 18.4 Å². The highest BCUT2D eigenvalue weighted by molar-refractivity contribution is 5.91. The average Bonchev–Trinajstić information content (AvgIpc) is 2.71. The van der Waals surface area contributed by atoms with Crippen molar-refractivity contribution in [3.63, 3.8) is 0 Å². The fourth-order valence-electron chi connectivity index (χ4n) is 1.37. The van der Waals surface area contributed by atoms with Crippen LogP contribution in [-0.4, -0.2) is 50.8 Å². The Labute approximate surface area is 109 Å². The lowest BCUT2D eigenvalue weighted by molar-refractivity contribution is -0.137. The van der Waals surface area contributed by atoms with E-state index >= 15 is 0 Å². The van der Waals surface area contributed by atoms with Crippen molar-refractivity contribution in [3.8, 4) is 0 Å². The zero-order valence-corrected chi connectivity index (χ0v) is 10.4. The van der Waals surface area contributed by atoms with Crippen molar-refractivity contribution in [1.82, 2.24) is 14.7 Å². The van der Waals surface area contributed by atoms with Crippen molar-refractivity contribution in [1.29, 1.82) is 0 Å². The molecule has 19 heavy (non-hydrogen) atoms. The lowest BCUT2D eigenvalue weighted by Crippen LogP contribution is -2.40. The minimum Gasteiger partial charge on any atom is -0.480 e. The van der Waals surface area contributed by atoms with E-state index in [0.29, 0.717) is 12.2 Å². The third-order valence-corrected chi connectivity index (χ3v) is 2.20. The number of nitrogens with two attached hydrogens (primary N) is 1. The van der Waals surface area contributed by atoms with Crippen molar-refractivity contribution in [2.45, 2.75) is 13.5 Å². The van der Waals surface area contributed by atoms with Crippen LogP contribution >= 0.6 is 0 Å². The molecule has 0 aliphatic heterocycles. The van der Waals surface area contributed by atoms with Crippen LogP contribution in [0.25, 0.3) is 0 Å². The van der Waals surface area contributed by atoms with Crippen LogP contribution in [0.15, 0.2) is 12.4 Å². The molecule has 4 N–H and O–H groups in total. The van der Waals surface area contributed by atoms with E-state index in [-0.39, 0.29) is 13.1 Å². The van der Waals surface area contributed by atoms with Gasteiger partial charge in [0.2, 0.25) is 5.91 Å². The van der Waals surface area contributed by atoms with Crippen LogP contribution in [0.3, 0.4) is 0 Å². The number of nitrogens with zero attached hydrogens (tertiary/aromatic N) is 3. The Morgan fingerprint density at radius 2 is 2.21 bits per heavy atom. The Kier molecular flexibility index (Phi) is 4.86. The summed E-state index contributed by atoms with van der Waals surface area (Å²) in [4.78, 5) is 34.2. The number of amides is 3. The standard InChI is InChI=1S/C10H15N5O4/c1-2-14(5-8(11)16)10(19)13-7-3-12-15(4-7)6-9(17)18/h3-4H,2,5-6H2,1H3,(H2,11,16)(H,13,19)(H,17,18). The molecule has 3 amide bonds. The molecule has 0 spiro atoms. The Hall–Kier alpha value is -2.58. The fraction of sp³-hybridized carbons (Fsp3) is 0.400. The molecule has 0 unspecified atom stereocenters. The van der Waals surface area contributed by atoms with Crippen LogP contribution < -0.4 is 11.1 Å². The summed E-state index contributed by atoms with van der Waals surface area (Å²) in [6.07, 6.45) is 2.70. The van der Waals surface area contributed by atoms with Gasteiger partial charge in [-0.15, -0.1) is 0 Å². The number of aliphatic carboxylic acids is 1. The Balaban J connectivity index is 2.62. The van der Waals surface area contributed by atoms with Crippen LogP contribution in [0.2, 0.25) is 0 Å². The maximum Gasteiger partial charge on any atom is 0.325 e. The fourth-order valence-corrected chi connectivity index (χ4v) is 1.37. The number of carboxylic acids is 1. The lowest BCUT2D eigenvalue weighted by Gasteiger charge is -2.18. The van der Waals surface area contributed by atoms with Crippen molar-refractivity contribution < 1.29 is 19.5 Å². The number of anilines is 1.